The summed E-state index contributed by atoms with van der Waals surface area (Å²) >= 11 is 12.0. The smallest absolute Gasteiger partial charge is 0.0468 e. The van der Waals surface area contributed by atoms with Gasteiger partial charge in [0, 0.05) is 21.7 Å². The zero-order valence-electron chi connectivity index (χ0n) is 8.47. The average Bonchev–Trinajstić information content (AvgIpc) is 2.01. The molecule has 0 aromatic heterocycles. The molecule has 84 valence electrons. The van der Waals surface area contributed by atoms with Crippen LogP contribution in [0.4, 0.5) is 0 Å². The van der Waals surface area contributed by atoms with Crippen LogP contribution >= 0.6 is 35.6 Å². The van der Waals surface area contributed by atoms with E-state index in [0.717, 1.165) is 11.1 Å². The molecule has 0 aliphatic carbocycles. The lowest BCUT2D eigenvalue weighted by Crippen LogP contribution is -2.11. The molecule has 0 bridgehead atoms. The average molecular weight is 267 g/mol. The third-order valence-corrected chi connectivity index (χ3v) is 2.60. The van der Waals surface area contributed by atoms with E-state index in [4.69, 9.17) is 28.9 Å². The van der Waals surface area contributed by atoms with Gasteiger partial charge in [-0.3, -0.25) is 0 Å². The monoisotopic (exact) mass is 265 g/mol. The maximum absolute atomic E-state index is 6.01. The summed E-state index contributed by atoms with van der Waals surface area (Å²) in [5.41, 5.74) is 7.79. The molecule has 4 heteroatoms. The van der Waals surface area contributed by atoms with Gasteiger partial charge in [0.25, 0.3) is 0 Å². The Labute approximate surface area is 107 Å². The predicted molar refractivity (Wildman–Crippen MR) is 70.1 cm³/mol. The van der Waals surface area contributed by atoms with Gasteiger partial charge in [0.1, 0.15) is 0 Å². The quantitative estimate of drug-likeness (QED) is 0.807. The topological polar surface area (TPSA) is 26.0 Å². The fourth-order valence-electron chi connectivity index (χ4n) is 1.34. The highest BCUT2D eigenvalue weighted by molar-refractivity contribution is 6.36. The van der Waals surface area contributed by atoms with Gasteiger partial charge in [-0.1, -0.05) is 34.8 Å². The van der Waals surface area contributed by atoms with Gasteiger partial charge in [-0.2, -0.15) is 0 Å². The minimum absolute atomic E-state index is 0. The summed E-state index contributed by atoms with van der Waals surface area (Å²) in [6.07, 6.45) is 0.698. The van der Waals surface area contributed by atoms with Crippen molar-refractivity contribution in [3.05, 3.63) is 46.0 Å². The summed E-state index contributed by atoms with van der Waals surface area (Å²) < 4.78 is 0. The van der Waals surface area contributed by atoms with Crippen LogP contribution in [0.3, 0.4) is 0 Å². The lowest BCUT2D eigenvalue weighted by molar-refractivity contribution is 0.717. The normalized spacial score (nSPS) is 11.7. The Morgan fingerprint density at radius 2 is 1.87 bits per heavy atom. The van der Waals surface area contributed by atoms with Crippen molar-refractivity contribution in [1.29, 1.82) is 0 Å². The van der Waals surface area contributed by atoms with E-state index < -0.39 is 0 Å². The highest BCUT2D eigenvalue weighted by Crippen LogP contribution is 2.31. The van der Waals surface area contributed by atoms with Gasteiger partial charge in [-0.15, -0.1) is 19.0 Å². The fourth-order valence-corrected chi connectivity index (χ4v) is 2.02. The van der Waals surface area contributed by atoms with Crippen molar-refractivity contribution >= 4 is 35.6 Å². The Kier molecular flexibility index (Phi) is 6.30. The molecule has 1 aromatic rings. The van der Waals surface area contributed by atoms with Crippen LogP contribution in [0.25, 0.3) is 0 Å². The molecule has 0 amide bonds. The molecule has 0 aliphatic heterocycles. The molecule has 0 unspecified atom stereocenters. The fraction of sp³-hybridized carbons (Fsp3) is 0.273. The Morgan fingerprint density at radius 3 is 2.27 bits per heavy atom. The van der Waals surface area contributed by atoms with Crippen LogP contribution in [0, 0.1) is 0 Å². The minimum atomic E-state index is -0.173. The second kappa shape index (κ2) is 6.39. The molecule has 1 aromatic carbocycles. The molecule has 1 atom stereocenters. The summed E-state index contributed by atoms with van der Waals surface area (Å²) in [4.78, 5) is 0. The molecule has 0 saturated carbocycles. The third kappa shape index (κ3) is 4.04. The van der Waals surface area contributed by atoms with E-state index in [9.17, 15) is 0 Å². The molecule has 1 nitrogen and oxygen atoms in total. The zero-order chi connectivity index (χ0) is 10.7. The molecule has 15 heavy (non-hydrogen) atoms. The molecule has 0 saturated heterocycles. The van der Waals surface area contributed by atoms with Crippen LogP contribution in [-0.2, 0) is 0 Å². The van der Waals surface area contributed by atoms with E-state index >= 15 is 0 Å². The van der Waals surface area contributed by atoms with Crippen molar-refractivity contribution in [2.24, 2.45) is 5.73 Å². The first-order valence-electron chi connectivity index (χ1n) is 4.36. The first kappa shape index (κ1) is 14.8. The van der Waals surface area contributed by atoms with Crippen molar-refractivity contribution in [1.82, 2.24) is 0 Å². The van der Waals surface area contributed by atoms with Crippen molar-refractivity contribution in [3.8, 4) is 0 Å². The SMILES string of the molecule is C=C(C)C[C@@H](N)c1c(Cl)cccc1Cl.Cl. The second-order valence-corrected chi connectivity index (χ2v) is 4.22. The lowest BCUT2D eigenvalue weighted by Gasteiger charge is -2.15. The van der Waals surface area contributed by atoms with Crippen molar-refractivity contribution < 1.29 is 0 Å². The van der Waals surface area contributed by atoms with Gasteiger partial charge in [0.05, 0.1) is 0 Å². The predicted octanol–water partition coefficient (Wildman–Crippen LogP) is 4.38. The molecular weight excluding hydrogens is 252 g/mol. The van der Waals surface area contributed by atoms with Crippen LogP contribution in [0.2, 0.25) is 10.0 Å². The number of hydrogen-bond donors (Lipinski definition) is 1. The lowest BCUT2D eigenvalue weighted by atomic mass is 10.0. The molecule has 0 fully saturated rings. The summed E-state index contributed by atoms with van der Waals surface area (Å²) in [6, 6.07) is 5.22. The van der Waals surface area contributed by atoms with Crippen LogP contribution in [0.1, 0.15) is 24.9 Å². The van der Waals surface area contributed by atoms with Gasteiger partial charge in [0.2, 0.25) is 0 Å². The number of halogens is 3. The molecule has 0 aliphatic rings. The molecule has 0 radical (unpaired) electrons. The van der Waals surface area contributed by atoms with Crippen molar-refractivity contribution in [3.63, 3.8) is 0 Å². The Hall–Kier alpha value is -0.210. The second-order valence-electron chi connectivity index (χ2n) is 3.40. The Balaban J connectivity index is 0.00000196. The number of hydrogen-bond acceptors (Lipinski definition) is 1. The summed E-state index contributed by atoms with van der Waals surface area (Å²) in [5.74, 6) is 0. The van der Waals surface area contributed by atoms with Gasteiger partial charge in [-0.05, 0) is 25.5 Å². The number of benzene rings is 1. The minimum Gasteiger partial charge on any atom is -0.324 e. The Bertz CT molecular complexity index is 329. The first-order chi connectivity index (χ1) is 6.52. The maximum atomic E-state index is 6.01. The maximum Gasteiger partial charge on any atom is 0.0468 e. The Morgan fingerprint density at radius 1 is 1.40 bits per heavy atom. The van der Waals surface area contributed by atoms with Crippen molar-refractivity contribution in [2.45, 2.75) is 19.4 Å². The number of nitrogens with two attached hydrogens (primary N) is 1. The highest BCUT2D eigenvalue weighted by Gasteiger charge is 2.13. The summed E-state index contributed by atoms with van der Waals surface area (Å²) in [5, 5.41) is 1.23. The highest BCUT2D eigenvalue weighted by atomic mass is 35.5. The third-order valence-electron chi connectivity index (χ3n) is 1.94. The van der Waals surface area contributed by atoms with E-state index in [1.54, 1.807) is 12.1 Å². The van der Waals surface area contributed by atoms with Gasteiger partial charge < -0.3 is 5.73 Å². The van der Waals surface area contributed by atoms with Crippen LogP contribution in [0.5, 0.6) is 0 Å². The molecule has 1 rings (SSSR count). The molecule has 0 spiro atoms. The molecule has 0 heterocycles. The van der Waals surface area contributed by atoms with E-state index in [2.05, 4.69) is 6.58 Å². The van der Waals surface area contributed by atoms with E-state index in [0.29, 0.717) is 16.5 Å². The number of rotatable bonds is 3. The largest absolute Gasteiger partial charge is 0.324 e. The van der Waals surface area contributed by atoms with Crippen LogP contribution in [0.15, 0.2) is 30.4 Å². The van der Waals surface area contributed by atoms with Crippen LogP contribution < -0.4 is 5.73 Å². The first-order valence-corrected chi connectivity index (χ1v) is 5.12. The van der Waals surface area contributed by atoms with Crippen LogP contribution in [-0.4, -0.2) is 0 Å². The summed E-state index contributed by atoms with van der Waals surface area (Å²) in [7, 11) is 0. The molecular formula is C11H14Cl3N. The standard InChI is InChI=1S/C11H13Cl2N.ClH/c1-7(2)6-10(14)11-8(12)4-3-5-9(11)13;/h3-5,10H,1,6,14H2,2H3;1H/t10-;/m1./s1. The van der Waals surface area contributed by atoms with Gasteiger partial charge >= 0.3 is 0 Å². The van der Waals surface area contributed by atoms with E-state index in [-0.39, 0.29) is 18.4 Å². The van der Waals surface area contributed by atoms with E-state index in [1.165, 1.54) is 0 Å². The van der Waals surface area contributed by atoms with Gasteiger partial charge in [0.15, 0.2) is 0 Å². The van der Waals surface area contributed by atoms with Crippen molar-refractivity contribution in [2.75, 3.05) is 0 Å². The van der Waals surface area contributed by atoms with E-state index in [1.807, 2.05) is 13.0 Å². The van der Waals surface area contributed by atoms with Gasteiger partial charge in [-0.25, -0.2) is 0 Å². The summed E-state index contributed by atoms with van der Waals surface area (Å²) in [6.45, 7) is 5.75. The zero-order valence-corrected chi connectivity index (χ0v) is 10.8. The molecule has 2 N–H and O–H groups in total.